The first-order chi connectivity index (χ1) is 8.67. The van der Waals surface area contributed by atoms with Gasteiger partial charge in [-0.2, -0.15) is 5.10 Å². The van der Waals surface area contributed by atoms with Crippen LogP contribution in [0.1, 0.15) is 24.2 Å². The van der Waals surface area contributed by atoms with E-state index in [2.05, 4.69) is 10.5 Å². The lowest BCUT2D eigenvalue weighted by molar-refractivity contribution is 0.509. The zero-order valence-corrected chi connectivity index (χ0v) is 9.90. The number of nitrogens with two attached hydrogens (primary N) is 1. The predicted molar refractivity (Wildman–Crippen MR) is 63.4 cm³/mol. The number of nitrogens with zero attached hydrogens (tertiary/aromatic N) is 2. The fourth-order valence-corrected chi connectivity index (χ4v) is 1.92. The first-order valence-electron chi connectivity index (χ1n) is 5.60. The molecule has 0 saturated heterocycles. The molecular formula is C12H14F2N4. The number of nitrogens with one attached hydrogen (secondary N) is 1. The molecule has 0 radical (unpaired) electrons. The normalized spacial score (nSPS) is 12.7. The van der Waals surface area contributed by atoms with Gasteiger partial charge in [-0.25, -0.2) is 14.2 Å². The summed E-state index contributed by atoms with van der Waals surface area (Å²) >= 11 is 0. The molecule has 1 aromatic heterocycles. The third-order valence-corrected chi connectivity index (χ3v) is 2.78. The Bertz CT molecular complexity index is 539. The molecule has 4 nitrogen and oxygen atoms in total. The Labute approximate surface area is 103 Å². The molecule has 3 N–H and O–H groups in total. The Morgan fingerprint density at radius 2 is 2.17 bits per heavy atom. The van der Waals surface area contributed by atoms with Crippen molar-refractivity contribution in [1.29, 1.82) is 0 Å². The number of hydrogen-bond acceptors (Lipinski definition) is 3. The molecule has 1 heterocycles. The van der Waals surface area contributed by atoms with E-state index in [0.29, 0.717) is 6.54 Å². The van der Waals surface area contributed by atoms with Gasteiger partial charge < -0.3 is 0 Å². The number of halogens is 2. The molecule has 0 bridgehead atoms. The van der Waals surface area contributed by atoms with Crippen molar-refractivity contribution in [1.82, 2.24) is 15.2 Å². The van der Waals surface area contributed by atoms with E-state index >= 15 is 0 Å². The number of benzene rings is 1. The van der Waals surface area contributed by atoms with Gasteiger partial charge in [0.2, 0.25) is 0 Å². The van der Waals surface area contributed by atoms with E-state index < -0.39 is 17.7 Å². The Morgan fingerprint density at radius 3 is 2.78 bits per heavy atom. The minimum atomic E-state index is -0.637. The summed E-state index contributed by atoms with van der Waals surface area (Å²) in [5, 5.41) is 4.10. The van der Waals surface area contributed by atoms with Crippen LogP contribution in [0.5, 0.6) is 0 Å². The molecule has 0 amide bonds. The fraction of sp³-hybridized carbons (Fsp3) is 0.250. The first kappa shape index (κ1) is 12.7. The first-order valence-corrected chi connectivity index (χ1v) is 5.60. The molecule has 18 heavy (non-hydrogen) atoms. The Hall–Kier alpha value is -1.79. The molecule has 0 aliphatic heterocycles. The molecule has 1 aromatic carbocycles. The van der Waals surface area contributed by atoms with Crippen molar-refractivity contribution in [2.24, 2.45) is 5.84 Å². The number of aryl methyl sites for hydroxylation is 1. The third-order valence-electron chi connectivity index (χ3n) is 2.78. The van der Waals surface area contributed by atoms with Gasteiger partial charge >= 0.3 is 0 Å². The van der Waals surface area contributed by atoms with Gasteiger partial charge in [0, 0.05) is 24.4 Å². The van der Waals surface area contributed by atoms with Crippen molar-refractivity contribution in [3.05, 3.63) is 53.4 Å². The van der Waals surface area contributed by atoms with Crippen LogP contribution in [-0.2, 0) is 6.54 Å². The predicted octanol–water partition coefficient (Wildman–Crippen LogP) is 1.73. The average Bonchev–Trinajstić information content (AvgIpc) is 2.81. The Balaban J connectivity index is 2.45. The van der Waals surface area contributed by atoms with Crippen LogP contribution in [0, 0.1) is 11.6 Å². The Kier molecular flexibility index (Phi) is 3.69. The standard InChI is InChI=1S/C12H14F2N4/c1-2-18-11(5-6-16-18)12(17-15)9-4-3-8(13)7-10(9)14/h3-7,12,17H,2,15H2,1H3. The quantitative estimate of drug-likeness (QED) is 0.643. The molecule has 0 fully saturated rings. The average molecular weight is 252 g/mol. The minimum absolute atomic E-state index is 0.286. The summed E-state index contributed by atoms with van der Waals surface area (Å²) in [6, 6.07) is 4.61. The topological polar surface area (TPSA) is 55.9 Å². The fourth-order valence-electron chi connectivity index (χ4n) is 1.92. The summed E-state index contributed by atoms with van der Waals surface area (Å²) < 4.78 is 28.3. The van der Waals surface area contributed by atoms with E-state index in [1.54, 1.807) is 16.9 Å². The molecule has 96 valence electrons. The smallest absolute Gasteiger partial charge is 0.131 e. The molecule has 2 rings (SSSR count). The van der Waals surface area contributed by atoms with Gasteiger partial charge in [-0.15, -0.1) is 0 Å². The van der Waals surface area contributed by atoms with Gasteiger partial charge in [0.15, 0.2) is 0 Å². The van der Waals surface area contributed by atoms with Crippen LogP contribution in [0.2, 0.25) is 0 Å². The van der Waals surface area contributed by atoms with Crippen LogP contribution in [0.3, 0.4) is 0 Å². The summed E-state index contributed by atoms with van der Waals surface area (Å²) in [7, 11) is 0. The van der Waals surface area contributed by atoms with Crippen molar-refractivity contribution in [2.45, 2.75) is 19.5 Å². The highest BCUT2D eigenvalue weighted by Gasteiger charge is 2.20. The third kappa shape index (κ3) is 2.25. The van der Waals surface area contributed by atoms with Crippen LogP contribution >= 0.6 is 0 Å². The molecule has 0 saturated carbocycles. The van der Waals surface area contributed by atoms with Gasteiger partial charge in [0.05, 0.1) is 11.7 Å². The zero-order valence-electron chi connectivity index (χ0n) is 9.90. The highest BCUT2D eigenvalue weighted by atomic mass is 19.1. The molecule has 2 aromatic rings. The summed E-state index contributed by atoms with van der Waals surface area (Å²) in [4.78, 5) is 0. The van der Waals surface area contributed by atoms with Crippen molar-refractivity contribution in [3.63, 3.8) is 0 Å². The summed E-state index contributed by atoms with van der Waals surface area (Å²) in [5.74, 6) is 4.22. The Morgan fingerprint density at radius 1 is 1.39 bits per heavy atom. The largest absolute Gasteiger partial charge is 0.271 e. The zero-order chi connectivity index (χ0) is 13.1. The maximum Gasteiger partial charge on any atom is 0.131 e. The van der Waals surface area contributed by atoms with Gasteiger partial charge in [-0.1, -0.05) is 6.07 Å². The van der Waals surface area contributed by atoms with E-state index in [0.717, 1.165) is 11.8 Å². The van der Waals surface area contributed by atoms with Crippen LogP contribution in [0.15, 0.2) is 30.5 Å². The number of aromatic nitrogens is 2. The highest BCUT2D eigenvalue weighted by Crippen LogP contribution is 2.24. The van der Waals surface area contributed by atoms with E-state index in [1.165, 1.54) is 12.1 Å². The van der Waals surface area contributed by atoms with Crippen molar-refractivity contribution in [3.8, 4) is 0 Å². The second-order valence-corrected chi connectivity index (χ2v) is 3.84. The SMILES string of the molecule is CCn1nccc1C(NN)c1ccc(F)cc1F. The van der Waals surface area contributed by atoms with E-state index in [9.17, 15) is 8.78 Å². The van der Waals surface area contributed by atoms with Crippen LogP contribution < -0.4 is 11.3 Å². The minimum Gasteiger partial charge on any atom is -0.271 e. The lowest BCUT2D eigenvalue weighted by atomic mass is 10.0. The number of hydrogen-bond donors (Lipinski definition) is 2. The summed E-state index contributed by atoms with van der Waals surface area (Å²) in [5.41, 5.74) is 3.55. The highest BCUT2D eigenvalue weighted by molar-refractivity contribution is 5.29. The van der Waals surface area contributed by atoms with Crippen LogP contribution in [-0.4, -0.2) is 9.78 Å². The maximum atomic E-state index is 13.7. The molecule has 1 unspecified atom stereocenters. The van der Waals surface area contributed by atoms with Gasteiger partial charge in [0.1, 0.15) is 11.6 Å². The van der Waals surface area contributed by atoms with E-state index in [4.69, 9.17) is 5.84 Å². The van der Waals surface area contributed by atoms with Crippen LogP contribution in [0.4, 0.5) is 8.78 Å². The summed E-state index contributed by atoms with van der Waals surface area (Å²) in [6.45, 7) is 2.56. The monoisotopic (exact) mass is 252 g/mol. The lowest BCUT2D eigenvalue weighted by Crippen LogP contribution is -2.31. The molecule has 6 heteroatoms. The second kappa shape index (κ2) is 5.24. The van der Waals surface area contributed by atoms with Crippen molar-refractivity contribution in [2.75, 3.05) is 0 Å². The molecule has 0 aliphatic carbocycles. The summed E-state index contributed by atoms with van der Waals surface area (Å²) in [6.07, 6.45) is 1.62. The second-order valence-electron chi connectivity index (χ2n) is 3.84. The van der Waals surface area contributed by atoms with Gasteiger partial charge in [0.25, 0.3) is 0 Å². The van der Waals surface area contributed by atoms with Gasteiger partial charge in [-0.3, -0.25) is 10.5 Å². The number of rotatable bonds is 4. The molecule has 0 aliphatic rings. The lowest BCUT2D eigenvalue weighted by Gasteiger charge is -2.18. The molecular weight excluding hydrogens is 238 g/mol. The molecule has 1 atom stereocenters. The maximum absolute atomic E-state index is 13.7. The van der Waals surface area contributed by atoms with E-state index in [1.807, 2.05) is 6.92 Å². The number of hydrazine groups is 1. The van der Waals surface area contributed by atoms with Crippen molar-refractivity contribution >= 4 is 0 Å². The van der Waals surface area contributed by atoms with Crippen molar-refractivity contribution < 1.29 is 8.78 Å². The molecule has 0 spiro atoms. The van der Waals surface area contributed by atoms with Gasteiger partial charge in [-0.05, 0) is 19.1 Å². The van der Waals surface area contributed by atoms with Crippen LogP contribution in [0.25, 0.3) is 0 Å². The van der Waals surface area contributed by atoms with E-state index in [-0.39, 0.29) is 5.56 Å².